The number of carboxylic acids is 1. The van der Waals surface area contributed by atoms with Crippen molar-refractivity contribution in [2.75, 3.05) is 13.6 Å². The molecule has 0 aliphatic carbocycles. The van der Waals surface area contributed by atoms with Crippen molar-refractivity contribution in [1.29, 1.82) is 0 Å². The average Bonchev–Trinajstić information content (AvgIpc) is 2.94. The summed E-state index contributed by atoms with van der Waals surface area (Å²) in [5, 5.41) is 11.7. The summed E-state index contributed by atoms with van der Waals surface area (Å²) in [4.78, 5) is 25.0. The molecule has 1 aliphatic heterocycles. The molecule has 2 rings (SSSR count). The van der Waals surface area contributed by atoms with Gasteiger partial charge in [0.25, 0.3) is 0 Å². The molecule has 1 heterocycles. The molecule has 1 aromatic rings. The predicted molar refractivity (Wildman–Crippen MR) is 80.0 cm³/mol. The molecule has 0 saturated carbocycles. The number of benzene rings is 1. The predicted octanol–water partition coefficient (Wildman–Crippen LogP) is 1.59. The van der Waals surface area contributed by atoms with E-state index in [0.717, 1.165) is 37.1 Å². The molecule has 5 heteroatoms. The fraction of sp³-hybridized carbons (Fsp3) is 0.500. The fourth-order valence-corrected chi connectivity index (χ4v) is 2.77. The second-order valence-corrected chi connectivity index (χ2v) is 5.54. The number of nitrogens with one attached hydrogen (secondary N) is 1. The summed E-state index contributed by atoms with van der Waals surface area (Å²) < 4.78 is 0. The summed E-state index contributed by atoms with van der Waals surface area (Å²) in [6.07, 6.45) is 1.93. The molecule has 1 aromatic carbocycles. The van der Waals surface area contributed by atoms with Crippen LogP contribution in [0.15, 0.2) is 24.3 Å². The van der Waals surface area contributed by atoms with E-state index < -0.39 is 11.9 Å². The maximum absolute atomic E-state index is 11.8. The molecule has 1 amide bonds. The molecule has 21 heavy (non-hydrogen) atoms. The van der Waals surface area contributed by atoms with Crippen LogP contribution in [-0.2, 0) is 16.1 Å². The number of aliphatic carboxylic acids is 1. The SMILES string of the molecule is CNC(=O)C1CCCN1Cc1ccc(C(C)C(=O)O)cc1. The highest BCUT2D eigenvalue weighted by atomic mass is 16.4. The van der Waals surface area contributed by atoms with Gasteiger partial charge < -0.3 is 10.4 Å². The molecular weight excluding hydrogens is 268 g/mol. The first-order valence-corrected chi connectivity index (χ1v) is 7.30. The minimum Gasteiger partial charge on any atom is -0.481 e. The van der Waals surface area contributed by atoms with Crippen LogP contribution in [-0.4, -0.2) is 41.5 Å². The Hall–Kier alpha value is -1.88. The largest absolute Gasteiger partial charge is 0.481 e. The Labute approximate surface area is 125 Å². The zero-order valence-corrected chi connectivity index (χ0v) is 12.5. The van der Waals surface area contributed by atoms with E-state index in [1.807, 2.05) is 24.3 Å². The molecular formula is C16H22N2O3. The van der Waals surface area contributed by atoms with E-state index in [2.05, 4.69) is 10.2 Å². The molecule has 1 aliphatic rings. The Morgan fingerprint density at radius 3 is 2.62 bits per heavy atom. The van der Waals surface area contributed by atoms with Gasteiger partial charge in [-0.15, -0.1) is 0 Å². The van der Waals surface area contributed by atoms with Crippen molar-refractivity contribution in [3.05, 3.63) is 35.4 Å². The Morgan fingerprint density at radius 2 is 2.05 bits per heavy atom. The van der Waals surface area contributed by atoms with Gasteiger partial charge >= 0.3 is 5.97 Å². The van der Waals surface area contributed by atoms with Gasteiger partial charge in [0.05, 0.1) is 12.0 Å². The van der Waals surface area contributed by atoms with Crippen LogP contribution < -0.4 is 5.32 Å². The summed E-state index contributed by atoms with van der Waals surface area (Å²) in [7, 11) is 1.67. The van der Waals surface area contributed by atoms with Gasteiger partial charge in [-0.3, -0.25) is 14.5 Å². The van der Waals surface area contributed by atoms with Gasteiger partial charge in [0, 0.05) is 13.6 Å². The summed E-state index contributed by atoms with van der Waals surface area (Å²) >= 11 is 0. The van der Waals surface area contributed by atoms with Gasteiger partial charge in [-0.05, 0) is 37.4 Å². The van der Waals surface area contributed by atoms with E-state index in [1.165, 1.54) is 0 Å². The normalized spacial score (nSPS) is 20.2. The van der Waals surface area contributed by atoms with E-state index in [-0.39, 0.29) is 11.9 Å². The number of hydrogen-bond donors (Lipinski definition) is 2. The van der Waals surface area contributed by atoms with Gasteiger partial charge in [-0.1, -0.05) is 24.3 Å². The van der Waals surface area contributed by atoms with Crippen molar-refractivity contribution < 1.29 is 14.7 Å². The van der Waals surface area contributed by atoms with E-state index in [4.69, 9.17) is 5.11 Å². The lowest BCUT2D eigenvalue weighted by Crippen LogP contribution is -2.41. The lowest BCUT2D eigenvalue weighted by Gasteiger charge is -2.23. The van der Waals surface area contributed by atoms with Crippen molar-refractivity contribution in [2.24, 2.45) is 0 Å². The van der Waals surface area contributed by atoms with Crippen LogP contribution in [0.5, 0.6) is 0 Å². The van der Waals surface area contributed by atoms with E-state index in [0.29, 0.717) is 0 Å². The number of nitrogens with zero attached hydrogens (tertiary/aromatic N) is 1. The summed E-state index contributed by atoms with van der Waals surface area (Å²) in [5.41, 5.74) is 1.91. The van der Waals surface area contributed by atoms with E-state index in [9.17, 15) is 9.59 Å². The van der Waals surface area contributed by atoms with E-state index >= 15 is 0 Å². The number of carbonyl (C=O) groups excluding carboxylic acids is 1. The molecule has 1 fully saturated rings. The first kappa shape index (κ1) is 15.5. The maximum atomic E-state index is 11.8. The quantitative estimate of drug-likeness (QED) is 0.864. The van der Waals surface area contributed by atoms with Gasteiger partial charge in [-0.2, -0.15) is 0 Å². The lowest BCUT2D eigenvalue weighted by molar-refractivity contribution is -0.138. The van der Waals surface area contributed by atoms with Crippen LogP contribution in [0.3, 0.4) is 0 Å². The van der Waals surface area contributed by atoms with Gasteiger partial charge in [-0.25, -0.2) is 0 Å². The molecule has 0 aromatic heterocycles. The smallest absolute Gasteiger partial charge is 0.310 e. The Morgan fingerprint density at radius 1 is 1.38 bits per heavy atom. The van der Waals surface area contributed by atoms with Crippen molar-refractivity contribution in [3.63, 3.8) is 0 Å². The molecule has 114 valence electrons. The topological polar surface area (TPSA) is 69.6 Å². The van der Waals surface area contributed by atoms with Gasteiger partial charge in [0.1, 0.15) is 0 Å². The average molecular weight is 290 g/mol. The van der Waals surface area contributed by atoms with Crippen LogP contribution >= 0.6 is 0 Å². The minimum atomic E-state index is -0.818. The molecule has 2 atom stereocenters. The van der Waals surface area contributed by atoms with Crippen LogP contribution in [0.25, 0.3) is 0 Å². The first-order chi connectivity index (χ1) is 10.0. The highest BCUT2D eigenvalue weighted by molar-refractivity contribution is 5.81. The number of carboxylic acid groups (broad SMARTS) is 1. The monoisotopic (exact) mass is 290 g/mol. The molecule has 0 radical (unpaired) electrons. The minimum absolute atomic E-state index is 0.0485. The highest BCUT2D eigenvalue weighted by Crippen LogP contribution is 2.22. The fourth-order valence-electron chi connectivity index (χ4n) is 2.77. The highest BCUT2D eigenvalue weighted by Gasteiger charge is 2.29. The lowest BCUT2D eigenvalue weighted by atomic mass is 10.00. The second-order valence-electron chi connectivity index (χ2n) is 5.54. The zero-order chi connectivity index (χ0) is 15.4. The molecule has 1 saturated heterocycles. The number of rotatable bonds is 5. The summed E-state index contributed by atoms with van der Waals surface area (Å²) in [5.74, 6) is -1.24. The Bertz CT molecular complexity index is 513. The van der Waals surface area contributed by atoms with Crippen molar-refractivity contribution in [2.45, 2.75) is 38.3 Å². The maximum Gasteiger partial charge on any atom is 0.310 e. The summed E-state index contributed by atoms with van der Waals surface area (Å²) in [6, 6.07) is 7.58. The van der Waals surface area contributed by atoms with Gasteiger partial charge in [0.15, 0.2) is 0 Å². The third-order valence-corrected chi connectivity index (χ3v) is 4.15. The number of likely N-dealkylation sites (tertiary alicyclic amines) is 1. The van der Waals surface area contributed by atoms with Crippen LogP contribution in [0.4, 0.5) is 0 Å². The molecule has 2 N–H and O–H groups in total. The van der Waals surface area contributed by atoms with Crippen LogP contribution in [0, 0.1) is 0 Å². The molecule has 0 spiro atoms. The van der Waals surface area contributed by atoms with Crippen molar-refractivity contribution in [1.82, 2.24) is 10.2 Å². The third kappa shape index (κ3) is 3.61. The molecule has 0 bridgehead atoms. The second kappa shape index (κ2) is 6.72. The van der Waals surface area contributed by atoms with E-state index in [1.54, 1.807) is 14.0 Å². The number of amides is 1. The molecule has 2 unspecified atom stereocenters. The Kier molecular flexibility index (Phi) is 4.96. The third-order valence-electron chi connectivity index (χ3n) is 4.15. The standard InChI is InChI=1S/C16H22N2O3/c1-11(16(20)21)13-7-5-12(6-8-13)10-18-9-3-4-14(18)15(19)17-2/h5-8,11,14H,3-4,9-10H2,1-2H3,(H,17,19)(H,20,21). The first-order valence-electron chi connectivity index (χ1n) is 7.30. The van der Waals surface area contributed by atoms with Crippen molar-refractivity contribution >= 4 is 11.9 Å². The Balaban J connectivity index is 2.03. The van der Waals surface area contributed by atoms with Crippen molar-refractivity contribution in [3.8, 4) is 0 Å². The molecule has 5 nitrogen and oxygen atoms in total. The number of carbonyl (C=O) groups is 2. The number of likely N-dealkylation sites (N-methyl/N-ethyl adjacent to an activating group) is 1. The van der Waals surface area contributed by atoms with Crippen LogP contribution in [0.1, 0.15) is 36.8 Å². The number of hydrogen-bond acceptors (Lipinski definition) is 3. The zero-order valence-electron chi connectivity index (χ0n) is 12.5. The van der Waals surface area contributed by atoms with Gasteiger partial charge in [0.2, 0.25) is 5.91 Å². The van der Waals surface area contributed by atoms with Crippen LogP contribution in [0.2, 0.25) is 0 Å². The summed E-state index contributed by atoms with van der Waals surface area (Å²) in [6.45, 7) is 3.32.